The van der Waals surface area contributed by atoms with E-state index in [1.807, 2.05) is 0 Å². The van der Waals surface area contributed by atoms with Crippen LogP contribution < -0.4 is 11.3 Å². The Bertz CT molecular complexity index is 640. The van der Waals surface area contributed by atoms with E-state index in [0.717, 1.165) is 0 Å². The topological polar surface area (TPSA) is 117 Å². The Labute approximate surface area is 110 Å². The maximum atomic E-state index is 12.4. The number of hydrogen-bond acceptors (Lipinski definition) is 6. The number of nitrogens with two attached hydrogens (primary N) is 1. The van der Waals surface area contributed by atoms with Crippen LogP contribution in [0.2, 0.25) is 0 Å². The molecule has 0 aliphatic rings. The number of nitrogen functional groups attached to an aromatic ring is 1. The van der Waals surface area contributed by atoms with Crippen molar-refractivity contribution in [2.75, 3.05) is 12.5 Å². The molecule has 0 amide bonds. The third kappa shape index (κ3) is 2.72. The van der Waals surface area contributed by atoms with Crippen LogP contribution in [0.3, 0.4) is 0 Å². The van der Waals surface area contributed by atoms with Crippen molar-refractivity contribution in [1.82, 2.24) is 19.3 Å². The number of nitrogens with zero attached hydrogens (tertiary/aromatic N) is 3. The van der Waals surface area contributed by atoms with Crippen molar-refractivity contribution < 1.29 is 8.42 Å². The van der Waals surface area contributed by atoms with Crippen molar-refractivity contribution in [2.24, 2.45) is 5.84 Å². The number of sulfonamides is 1. The van der Waals surface area contributed by atoms with Crippen molar-refractivity contribution in [3.63, 3.8) is 0 Å². The van der Waals surface area contributed by atoms with Crippen LogP contribution >= 0.6 is 0 Å². The highest BCUT2D eigenvalue weighted by molar-refractivity contribution is 7.89. The molecule has 2 heterocycles. The number of hydrazine groups is 1. The number of nitrogens with one attached hydrogen (secondary N) is 2. The standard InChI is InChI=1S/C10H14N6O2S/c1-16(7-9-12-5-6-13-9)19(17,18)8-3-2-4-14-10(8)15-11/h2-6H,7,11H2,1H3,(H,12,13)(H,14,15). The second-order valence-electron chi connectivity index (χ2n) is 3.79. The van der Waals surface area contributed by atoms with Gasteiger partial charge in [-0.2, -0.15) is 4.31 Å². The Balaban J connectivity index is 2.31. The molecular formula is C10H14N6O2S. The molecule has 9 heteroatoms. The predicted octanol–water partition coefficient (Wildman–Crippen LogP) is -0.0890. The summed E-state index contributed by atoms with van der Waals surface area (Å²) < 4.78 is 25.9. The molecular weight excluding hydrogens is 268 g/mol. The molecule has 19 heavy (non-hydrogen) atoms. The van der Waals surface area contributed by atoms with Gasteiger partial charge in [-0.3, -0.25) is 0 Å². The van der Waals surface area contributed by atoms with E-state index in [-0.39, 0.29) is 17.3 Å². The lowest BCUT2D eigenvalue weighted by molar-refractivity contribution is 0.458. The minimum Gasteiger partial charge on any atom is -0.347 e. The van der Waals surface area contributed by atoms with E-state index < -0.39 is 10.0 Å². The number of rotatable bonds is 5. The van der Waals surface area contributed by atoms with Crippen LogP contribution in [0.25, 0.3) is 0 Å². The number of imidazole rings is 1. The van der Waals surface area contributed by atoms with Crippen LogP contribution in [0, 0.1) is 0 Å². The molecule has 0 saturated heterocycles. The molecule has 0 unspecified atom stereocenters. The molecule has 0 fully saturated rings. The average Bonchev–Trinajstić information content (AvgIpc) is 2.91. The molecule has 0 saturated carbocycles. The fraction of sp³-hybridized carbons (Fsp3) is 0.200. The monoisotopic (exact) mass is 282 g/mol. The van der Waals surface area contributed by atoms with E-state index in [1.165, 1.54) is 29.7 Å². The van der Waals surface area contributed by atoms with Crippen molar-refractivity contribution in [3.05, 3.63) is 36.5 Å². The van der Waals surface area contributed by atoms with E-state index in [4.69, 9.17) is 5.84 Å². The first-order chi connectivity index (χ1) is 9.05. The van der Waals surface area contributed by atoms with Gasteiger partial charge in [0.05, 0.1) is 6.54 Å². The van der Waals surface area contributed by atoms with E-state index in [9.17, 15) is 8.42 Å². The normalized spacial score (nSPS) is 11.7. The Kier molecular flexibility index (Phi) is 3.79. The average molecular weight is 282 g/mol. The summed E-state index contributed by atoms with van der Waals surface area (Å²) in [5.41, 5.74) is 2.28. The minimum absolute atomic E-state index is 0.0200. The molecule has 0 radical (unpaired) electrons. The lowest BCUT2D eigenvalue weighted by atomic mass is 10.5. The van der Waals surface area contributed by atoms with Gasteiger partial charge in [0, 0.05) is 25.6 Å². The van der Waals surface area contributed by atoms with Crippen LogP contribution in [-0.2, 0) is 16.6 Å². The third-order valence-electron chi connectivity index (χ3n) is 2.52. The molecule has 2 rings (SSSR count). The zero-order chi connectivity index (χ0) is 13.9. The molecule has 0 aliphatic heterocycles. The van der Waals surface area contributed by atoms with E-state index in [2.05, 4.69) is 20.4 Å². The highest BCUT2D eigenvalue weighted by Crippen LogP contribution is 2.21. The first kappa shape index (κ1) is 13.5. The smallest absolute Gasteiger partial charge is 0.246 e. The number of anilines is 1. The van der Waals surface area contributed by atoms with Gasteiger partial charge in [-0.15, -0.1) is 0 Å². The SMILES string of the molecule is CN(Cc1ncc[nH]1)S(=O)(=O)c1cccnc1NN. The second kappa shape index (κ2) is 5.34. The number of aromatic amines is 1. The molecule has 0 bridgehead atoms. The first-order valence-electron chi connectivity index (χ1n) is 5.42. The maximum Gasteiger partial charge on any atom is 0.246 e. The van der Waals surface area contributed by atoms with E-state index >= 15 is 0 Å². The Morgan fingerprint density at radius 3 is 2.84 bits per heavy atom. The number of H-pyrrole nitrogens is 1. The summed E-state index contributed by atoms with van der Waals surface area (Å²) in [5.74, 6) is 5.93. The third-order valence-corrected chi connectivity index (χ3v) is 4.36. The van der Waals surface area contributed by atoms with Gasteiger partial charge in [0.25, 0.3) is 0 Å². The zero-order valence-corrected chi connectivity index (χ0v) is 11.1. The largest absolute Gasteiger partial charge is 0.347 e. The summed E-state index contributed by atoms with van der Waals surface area (Å²) >= 11 is 0. The number of aromatic nitrogens is 3. The Morgan fingerprint density at radius 2 is 2.21 bits per heavy atom. The summed E-state index contributed by atoms with van der Waals surface area (Å²) in [6.45, 7) is 0.133. The van der Waals surface area contributed by atoms with Gasteiger partial charge >= 0.3 is 0 Å². The van der Waals surface area contributed by atoms with E-state index in [0.29, 0.717) is 5.82 Å². The minimum atomic E-state index is -3.69. The molecule has 0 aliphatic carbocycles. The maximum absolute atomic E-state index is 12.4. The summed E-state index contributed by atoms with van der Waals surface area (Å²) in [6.07, 6.45) is 4.65. The van der Waals surface area contributed by atoms with Crippen molar-refractivity contribution in [2.45, 2.75) is 11.4 Å². The lowest BCUT2D eigenvalue weighted by Crippen LogP contribution is -2.28. The van der Waals surface area contributed by atoms with Crippen molar-refractivity contribution >= 4 is 15.8 Å². The molecule has 2 aromatic heterocycles. The van der Waals surface area contributed by atoms with Crippen LogP contribution in [-0.4, -0.2) is 34.7 Å². The summed E-state index contributed by atoms with van der Waals surface area (Å²) in [7, 11) is -2.23. The second-order valence-corrected chi connectivity index (χ2v) is 5.80. The summed E-state index contributed by atoms with van der Waals surface area (Å²) in [6, 6.07) is 2.98. The summed E-state index contributed by atoms with van der Waals surface area (Å²) in [5, 5.41) is 0. The summed E-state index contributed by atoms with van der Waals surface area (Å²) in [4.78, 5) is 10.7. The number of hydrogen-bond donors (Lipinski definition) is 3. The van der Waals surface area contributed by atoms with Gasteiger partial charge in [-0.25, -0.2) is 24.2 Å². The van der Waals surface area contributed by atoms with Gasteiger partial charge in [0.15, 0.2) is 5.82 Å². The quantitative estimate of drug-likeness (QED) is 0.521. The van der Waals surface area contributed by atoms with Crippen LogP contribution in [0.1, 0.15) is 5.82 Å². The van der Waals surface area contributed by atoms with Crippen LogP contribution in [0.5, 0.6) is 0 Å². The zero-order valence-electron chi connectivity index (χ0n) is 10.2. The Morgan fingerprint density at radius 1 is 1.42 bits per heavy atom. The van der Waals surface area contributed by atoms with Gasteiger partial charge in [0.2, 0.25) is 10.0 Å². The van der Waals surface area contributed by atoms with Crippen molar-refractivity contribution in [1.29, 1.82) is 0 Å². The van der Waals surface area contributed by atoms with Gasteiger partial charge in [-0.1, -0.05) is 0 Å². The van der Waals surface area contributed by atoms with Crippen molar-refractivity contribution in [3.8, 4) is 0 Å². The highest BCUT2D eigenvalue weighted by atomic mass is 32.2. The fourth-order valence-corrected chi connectivity index (χ4v) is 2.79. The molecule has 0 spiro atoms. The Hall–Kier alpha value is -1.97. The molecule has 8 nitrogen and oxygen atoms in total. The molecule has 0 atom stereocenters. The van der Waals surface area contributed by atoms with Crippen LogP contribution in [0.4, 0.5) is 5.82 Å². The van der Waals surface area contributed by atoms with Gasteiger partial charge in [0.1, 0.15) is 10.7 Å². The number of pyridine rings is 1. The predicted molar refractivity (Wildman–Crippen MR) is 69.3 cm³/mol. The highest BCUT2D eigenvalue weighted by Gasteiger charge is 2.25. The van der Waals surface area contributed by atoms with Gasteiger partial charge < -0.3 is 10.4 Å². The van der Waals surface area contributed by atoms with E-state index in [1.54, 1.807) is 12.4 Å². The first-order valence-corrected chi connectivity index (χ1v) is 6.86. The lowest BCUT2D eigenvalue weighted by Gasteiger charge is -2.17. The fourth-order valence-electron chi connectivity index (χ4n) is 1.56. The molecule has 0 aromatic carbocycles. The molecule has 4 N–H and O–H groups in total. The molecule has 2 aromatic rings. The van der Waals surface area contributed by atoms with Gasteiger partial charge in [-0.05, 0) is 12.1 Å². The molecule has 102 valence electrons. The van der Waals surface area contributed by atoms with Crippen LogP contribution in [0.15, 0.2) is 35.6 Å².